The first kappa shape index (κ1) is 18.1. The number of methoxy groups -OCH3 is 1. The fraction of sp³-hybridized carbons (Fsp3) is 0.409. The van der Waals surface area contributed by atoms with Crippen molar-refractivity contribution >= 4 is 11.6 Å². The molecule has 2 saturated heterocycles. The molecule has 3 aliphatic rings. The Morgan fingerprint density at radius 2 is 2.24 bits per heavy atom. The molecular formula is C22H21N3O4. The van der Waals surface area contributed by atoms with E-state index in [2.05, 4.69) is 16.4 Å². The van der Waals surface area contributed by atoms with Crippen LogP contribution in [0.4, 0.5) is 5.69 Å². The van der Waals surface area contributed by atoms with Crippen molar-refractivity contribution in [2.24, 2.45) is 5.41 Å². The molecule has 7 heteroatoms. The highest BCUT2D eigenvalue weighted by atomic mass is 16.5. The number of nitrogens with zero attached hydrogens (tertiary/aromatic N) is 2. The molecule has 7 nitrogen and oxygen atoms in total. The monoisotopic (exact) mass is 391 g/mol. The van der Waals surface area contributed by atoms with Crippen molar-refractivity contribution in [3.8, 4) is 11.9 Å². The average molecular weight is 391 g/mol. The highest BCUT2D eigenvalue weighted by Crippen LogP contribution is 2.77. The van der Waals surface area contributed by atoms with Gasteiger partial charge in [-0.05, 0) is 48.7 Å². The molecule has 0 unspecified atom stereocenters. The van der Waals surface area contributed by atoms with Gasteiger partial charge in [0.15, 0.2) is 0 Å². The van der Waals surface area contributed by atoms with Crippen LogP contribution in [0.1, 0.15) is 29.5 Å². The molecule has 1 aromatic carbocycles. The van der Waals surface area contributed by atoms with Gasteiger partial charge in [-0.2, -0.15) is 5.26 Å². The number of hydrogen-bond donors (Lipinski definition) is 2. The second-order valence-electron chi connectivity index (χ2n) is 8.21. The van der Waals surface area contributed by atoms with Crippen molar-refractivity contribution in [2.75, 3.05) is 12.4 Å². The highest BCUT2D eigenvalue weighted by Gasteiger charge is 2.87. The van der Waals surface area contributed by atoms with E-state index in [-0.39, 0.29) is 12.0 Å². The Balaban J connectivity index is 1.53. The number of nitriles is 1. The molecule has 3 heterocycles. The summed E-state index contributed by atoms with van der Waals surface area (Å²) >= 11 is 0. The van der Waals surface area contributed by atoms with Crippen LogP contribution in [0, 0.1) is 23.7 Å². The molecule has 5 rings (SSSR count). The number of hydrogen-bond acceptors (Lipinski definition) is 6. The van der Waals surface area contributed by atoms with Crippen LogP contribution in [0.2, 0.25) is 0 Å². The van der Waals surface area contributed by atoms with Crippen LogP contribution in [0.15, 0.2) is 36.5 Å². The average Bonchev–Trinajstić information content (AvgIpc) is 3.21. The minimum Gasteiger partial charge on any atom is -0.481 e. The van der Waals surface area contributed by atoms with Gasteiger partial charge in [0, 0.05) is 29.8 Å². The van der Waals surface area contributed by atoms with E-state index in [0.29, 0.717) is 30.0 Å². The van der Waals surface area contributed by atoms with E-state index >= 15 is 0 Å². The molecule has 1 saturated carbocycles. The fourth-order valence-corrected chi connectivity index (χ4v) is 5.49. The van der Waals surface area contributed by atoms with Crippen LogP contribution in [0.5, 0.6) is 5.88 Å². The Hall–Kier alpha value is -2.95. The third-order valence-corrected chi connectivity index (χ3v) is 6.71. The molecule has 2 N–H and O–H groups in total. The number of carbonyl (C=O) groups is 1. The molecule has 5 atom stereocenters. The number of aliphatic hydroxyl groups excluding tert-OH is 1. The molecule has 2 aliphatic heterocycles. The lowest BCUT2D eigenvalue weighted by molar-refractivity contribution is -0.124. The maximum atomic E-state index is 13.5. The summed E-state index contributed by atoms with van der Waals surface area (Å²) in [6.45, 7) is 1.89. The predicted octanol–water partition coefficient (Wildman–Crippen LogP) is 2.07. The zero-order valence-electron chi connectivity index (χ0n) is 16.2. The minimum atomic E-state index is -0.750. The summed E-state index contributed by atoms with van der Waals surface area (Å²) in [6.07, 6.45) is 1.31. The van der Waals surface area contributed by atoms with Crippen LogP contribution >= 0.6 is 0 Å². The summed E-state index contributed by atoms with van der Waals surface area (Å²) < 4.78 is 11.4. The van der Waals surface area contributed by atoms with E-state index in [1.165, 1.54) is 0 Å². The van der Waals surface area contributed by atoms with Crippen molar-refractivity contribution in [3.63, 3.8) is 0 Å². The zero-order chi connectivity index (χ0) is 20.4. The Bertz CT molecular complexity index is 1060. The number of pyridine rings is 1. The van der Waals surface area contributed by atoms with E-state index in [0.717, 1.165) is 11.1 Å². The third-order valence-electron chi connectivity index (χ3n) is 6.71. The standard InChI is InChI=1S/C22H21N3O4/c1-12-5-13(10-23)7-15(6-12)25-20(27)22-11-21(22,19-16(26)9-17(22)29-19)14-3-4-24-18(8-14)28-2/h3-8,16-17,19,26H,9,11H2,1-2H3,(H,25,27)/t16-,17+,19-,21+,22+/m0/s1. The number of ether oxygens (including phenoxy) is 2. The van der Waals surface area contributed by atoms with Gasteiger partial charge in [-0.3, -0.25) is 4.79 Å². The van der Waals surface area contributed by atoms with E-state index in [1.807, 2.05) is 25.1 Å². The van der Waals surface area contributed by atoms with Crippen molar-refractivity contribution in [3.05, 3.63) is 53.2 Å². The molecule has 29 heavy (non-hydrogen) atoms. The first-order valence-electron chi connectivity index (χ1n) is 9.62. The van der Waals surface area contributed by atoms with Gasteiger partial charge < -0.3 is 19.9 Å². The molecule has 2 aromatic rings. The maximum Gasteiger partial charge on any atom is 0.234 e. The first-order valence-corrected chi connectivity index (χ1v) is 9.62. The van der Waals surface area contributed by atoms with Crippen LogP contribution in [-0.2, 0) is 14.9 Å². The predicted molar refractivity (Wildman–Crippen MR) is 103 cm³/mol. The number of aryl methyl sites for hydroxylation is 1. The van der Waals surface area contributed by atoms with Crippen molar-refractivity contribution in [2.45, 2.75) is 43.5 Å². The number of aliphatic hydroxyl groups is 1. The molecule has 1 aromatic heterocycles. The Morgan fingerprint density at radius 1 is 1.41 bits per heavy atom. The summed E-state index contributed by atoms with van der Waals surface area (Å²) in [5.74, 6) is 0.329. The molecule has 1 aliphatic carbocycles. The SMILES string of the molecule is COc1cc([C@@]23C[C@]2(C(=O)Nc2cc(C)cc(C#N)c2)[C@H]2C[C@H](O)[C@@H]3O2)ccn1. The van der Waals surface area contributed by atoms with E-state index in [4.69, 9.17) is 9.47 Å². The zero-order valence-corrected chi connectivity index (χ0v) is 16.2. The van der Waals surface area contributed by atoms with Gasteiger partial charge in [-0.1, -0.05) is 0 Å². The summed E-state index contributed by atoms with van der Waals surface area (Å²) in [5.41, 5.74) is 1.54. The first-order chi connectivity index (χ1) is 13.9. The van der Waals surface area contributed by atoms with Crippen molar-refractivity contribution in [1.82, 2.24) is 4.98 Å². The Kier molecular flexibility index (Phi) is 3.76. The molecular weight excluding hydrogens is 370 g/mol. The number of carbonyl (C=O) groups excluding carboxylic acids is 1. The molecule has 2 bridgehead atoms. The van der Waals surface area contributed by atoms with Gasteiger partial charge >= 0.3 is 0 Å². The lowest BCUT2D eigenvalue weighted by atomic mass is 9.74. The van der Waals surface area contributed by atoms with Crippen LogP contribution in [0.25, 0.3) is 0 Å². The largest absolute Gasteiger partial charge is 0.481 e. The van der Waals surface area contributed by atoms with E-state index < -0.39 is 23.0 Å². The second kappa shape index (κ2) is 6.02. The lowest BCUT2D eigenvalue weighted by Crippen LogP contribution is -2.44. The topological polar surface area (TPSA) is 104 Å². The molecule has 0 spiro atoms. The van der Waals surface area contributed by atoms with Crippen LogP contribution in [0.3, 0.4) is 0 Å². The number of fused-ring (bicyclic) bond motifs is 5. The van der Waals surface area contributed by atoms with Gasteiger partial charge in [-0.25, -0.2) is 4.98 Å². The maximum absolute atomic E-state index is 13.5. The molecule has 148 valence electrons. The quantitative estimate of drug-likeness (QED) is 0.827. The van der Waals surface area contributed by atoms with Crippen molar-refractivity contribution in [1.29, 1.82) is 5.26 Å². The van der Waals surface area contributed by atoms with E-state index in [9.17, 15) is 15.2 Å². The van der Waals surface area contributed by atoms with Crippen LogP contribution < -0.4 is 10.1 Å². The molecule has 0 radical (unpaired) electrons. The molecule has 1 amide bonds. The Labute approximate surface area is 168 Å². The van der Waals surface area contributed by atoms with Gasteiger partial charge in [0.05, 0.1) is 42.5 Å². The van der Waals surface area contributed by atoms with Gasteiger partial charge in [0.25, 0.3) is 0 Å². The van der Waals surface area contributed by atoms with E-state index in [1.54, 1.807) is 25.4 Å². The molecule has 3 fully saturated rings. The summed E-state index contributed by atoms with van der Waals surface area (Å²) in [4.78, 5) is 17.7. The smallest absolute Gasteiger partial charge is 0.234 e. The number of benzene rings is 1. The minimum absolute atomic E-state index is 0.137. The second-order valence-corrected chi connectivity index (χ2v) is 8.21. The van der Waals surface area contributed by atoms with Crippen molar-refractivity contribution < 1.29 is 19.4 Å². The van der Waals surface area contributed by atoms with Crippen LogP contribution in [-0.4, -0.2) is 41.4 Å². The highest BCUT2D eigenvalue weighted by molar-refractivity contribution is 6.01. The summed E-state index contributed by atoms with van der Waals surface area (Å²) in [5, 5.41) is 22.7. The third kappa shape index (κ3) is 2.30. The number of aromatic nitrogens is 1. The van der Waals surface area contributed by atoms with Gasteiger partial charge in [0.1, 0.15) is 0 Å². The normalized spacial score (nSPS) is 33.7. The number of rotatable bonds is 4. The number of nitrogens with one attached hydrogen (secondary N) is 1. The van der Waals surface area contributed by atoms with Gasteiger partial charge in [-0.15, -0.1) is 0 Å². The lowest BCUT2D eigenvalue weighted by Gasteiger charge is -2.29. The number of amides is 1. The Morgan fingerprint density at radius 3 is 3.00 bits per heavy atom. The summed E-state index contributed by atoms with van der Waals surface area (Å²) in [7, 11) is 1.55. The fourth-order valence-electron chi connectivity index (χ4n) is 5.49. The van der Waals surface area contributed by atoms with Gasteiger partial charge in [0.2, 0.25) is 11.8 Å². The summed E-state index contributed by atoms with van der Waals surface area (Å²) in [6, 6.07) is 11.1. The number of anilines is 1.